The maximum atomic E-state index is 13.1. The van der Waals surface area contributed by atoms with Crippen LogP contribution in [0.5, 0.6) is 0 Å². The predicted octanol–water partition coefficient (Wildman–Crippen LogP) is 2.80. The van der Waals surface area contributed by atoms with E-state index in [0.717, 1.165) is 5.56 Å². The molecule has 2 rings (SSSR count). The lowest BCUT2D eigenvalue weighted by Crippen LogP contribution is -1.84. The average molecular weight is 236 g/mol. The van der Waals surface area contributed by atoms with Crippen molar-refractivity contribution in [3.05, 3.63) is 64.7 Å². The molecule has 0 aliphatic carbocycles. The highest BCUT2D eigenvalue weighted by Gasteiger charge is 1.96. The third-order valence-corrected chi connectivity index (χ3v) is 2.38. The van der Waals surface area contributed by atoms with Crippen molar-refractivity contribution in [3.63, 3.8) is 0 Å². The van der Waals surface area contributed by atoms with E-state index in [9.17, 15) is 4.39 Å². The minimum atomic E-state index is -0.242. The first-order valence-electron chi connectivity index (χ1n) is 5.32. The lowest BCUT2D eigenvalue weighted by molar-refractivity contribution is 0.618. The fraction of sp³-hybridized carbons (Fsp3) is 0.0667. The Labute approximate surface area is 105 Å². The Morgan fingerprint density at radius 3 is 2.50 bits per heavy atom. The van der Waals surface area contributed by atoms with Crippen LogP contribution in [0.4, 0.5) is 4.39 Å². The molecule has 0 spiro atoms. The third-order valence-electron chi connectivity index (χ3n) is 2.38. The average Bonchev–Trinajstić information content (AvgIpc) is 2.40. The van der Waals surface area contributed by atoms with E-state index >= 15 is 0 Å². The molecule has 0 radical (unpaired) electrons. The summed E-state index contributed by atoms with van der Waals surface area (Å²) in [4.78, 5) is 3.91. The highest BCUT2D eigenvalue weighted by molar-refractivity contribution is 5.45. The number of benzene rings is 1. The van der Waals surface area contributed by atoms with E-state index in [0.29, 0.717) is 16.7 Å². The normalized spacial score (nSPS) is 9.17. The van der Waals surface area contributed by atoms with Crippen molar-refractivity contribution >= 4 is 0 Å². The predicted molar refractivity (Wildman–Crippen MR) is 66.1 cm³/mol. The van der Waals surface area contributed by atoms with Crippen LogP contribution in [0.1, 0.15) is 22.3 Å². The number of nitrogens with zero attached hydrogens (tertiary/aromatic N) is 2. The molecule has 1 aromatic carbocycles. The molecule has 0 saturated heterocycles. The minimum Gasteiger partial charge on any atom is -0.262 e. The fourth-order valence-electron chi connectivity index (χ4n) is 1.44. The van der Waals surface area contributed by atoms with Crippen molar-refractivity contribution < 1.29 is 4.39 Å². The molecule has 3 heteroatoms. The number of hydrogen-bond donors (Lipinski definition) is 0. The first-order valence-corrected chi connectivity index (χ1v) is 5.32. The van der Waals surface area contributed by atoms with Gasteiger partial charge in [-0.1, -0.05) is 11.8 Å². The molecule has 0 amide bonds. The highest BCUT2D eigenvalue weighted by atomic mass is 19.1. The van der Waals surface area contributed by atoms with Crippen LogP contribution >= 0.6 is 0 Å². The van der Waals surface area contributed by atoms with Crippen LogP contribution in [0, 0.1) is 35.9 Å². The monoisotopic (exact) mass is 236 g/mol. The molecular weight excluding hydrogens is 227 g/mol. The quantitative estimate of drug-likeness (QED) is 0.659. The van der Waals surface area contributed by atoms with Crippen molar-refractivity contribution in [2.24, 2.45) is 0 Å². The van der Waals surface area contributed by atoms with Gasteiger partial charge in [-0.2, -0.15) is 5.26 Å². The van der Waals surface area contributed by atoms with Crippen LogP contribution in [-0.2, 0) is 0 Å². The van der Waals surface area contributed by atoms with Gasteiger partial charge in [-0.15, -0.1) is 0 Å². The van der Waals surface area contributed by atoms with E-state index in [2.05, 4.69) is 16.8 Å². The zero-order valence-electron chi connectivity index (χ0n) is 9.74. The van der Waals surface area contributed by atoms with Gasteiger partial charge in [0.1, 0.15) is 11.9 Å². The van der Waals surface area contributed by atoms with Crippen LogP contribution in [0.3, 0.4) is 0 Å². The van der Waals surface area contributed by atoms with E-state index in [1.165, 1.54) is 12.3 Å². The number of aromatic nitrogens is 1. The van der Waals surface area contributed by atoms with Crippen molar-refractivity contribution in [1.82, 2.24) is 4.98 Å². The Morgan fingerprint density at radius 2 is 1.78 bits per heavy atom. The van der Waals surface area contributed by atoms with E-state index < -0.39 is 0 Å². The molecule has 0 aliphatic heterocycles. The molecule has 0 aliphatic rings. The number of halogens is 1. The summed E-state index contributed by atoms with van der Waals surface area (Å²) in [5, 5.41) is 8.73. The van der Waals surface area contributed by atoms with Gasteiger partial charge in [-0.05, 0) is 36.8 Å². The van der Waals surface area contributed by atoms with Crippen LogP contribution in [0.25, 0.3) is 0 Å². The van der Waals surface area contributed by atoms with Gasteiger partial charge >= 0.3 is 0 Å². The Hall–Kier alpha value is -2.65. The smallest absolute Gasteiger partial charge is 0.126 e. The summed E-state index contributed by atoms with van der Waals surface area (Å²) in [5.74, 6) is 5.57. The van der Waals surface area contributed by atoms with Crippen molar-refractivity contribution in [2.75, 3.05) is 0 Å². The van der Waals surface area contributed by atoms with Crippen molar-refractivity contribution in [2.45, 2.75) is 6.92 Å². The number of hydrogen-bond acceptors (Lipinski definition) is 2. The molecule has 0 saturated carbocycles. The molecule has 0 N–H and O–H groups in total. The first kappa shape index (κ1) is 11.8. The second kappa shape index (κ2) is 5.12. The van der Waals surface area contributed by atoms with Crippen molar-refractivity contribution in [1.29, 1.82) is 5.26 Å². The van der Waals surface area contributed by atoms with Gasteiger partial charge in [-0.3, -0.25) is 4.98 Å². The molecule has 0 bridgehead atoms. The Morgan fingerprint density at radius 1 is 1.06 bits per heavy atom. The number of pyridine rings is 1. The first-order chi connectivity index (χ1) is 8.69. The standard InChI is InChI=1S/C15H9FN2/c1-11-6-12(4-5-15(11)16)2-3-13-7-14(8-17)10-18-9-13/h4-7,9-10H,1H3. The van der Waals surface area contributed by atoms with Gasteiger partial charge in [0.25, 0.3) is 0 Å². The van der Waals surface area contributed by atoms with E-state index in [-0.39, 0.29) is 5.82 Å². The summed E-state index contributed by atoms with van der Waals surface area (Å²) in [5.41, 5.74) is 2.43. The zero-order valence-corrected chi connectivity index (χ0v) is 9.74. The fourth-order valence-corrected chi connectivity index (χ4v) is 1.44. The van der Waals surface area contributed by atoms with Crippen molar-refractivity contribution in [3.8, 4) is 17.9 Å². The van der Waals surface area contributed by atoms with Gasteiger partial charge in [0.05, 0.1) is 5.56 Å². The van der Waals surface area contributed by atoms with Gasteiger partial charge in [0.15, 0.2) is 0 Å². The summed E-state index contributed by atoms with van der Waals surface area (Å²) in [6.07, 6.45) is 3.07. The number of nitriles is 1. The molecule has 0 atom stereocenters. The summed E-state index contributed by atoms with van der Waals surface area (Å²) in [7, 11) is 0. The van der Waals surface area contributed by atoms with Crippen LogP contribution in [-0.4, -0.2) is 4.98 Å². The van der Waals surface area contributed by atoms with Gasteiger partial charge in [-0.25, -0.2) is 4.39 Å². The number of rotatable bonds is 0. The van der Waals surface area contributed by atoms with Crippen LogP contribution in [0.2, 0.25) is 0 Å². The van der Waals surface area contributed by atoms with Gasteiger partial charge < -0.3 is 0 Å². The van der Waals surface area contributed by atoms with Crippen LogP contribution in [0.15, 0.2) is 36.7 Å². The van der Waals surface area contributed by atoms with Gasteiger partial charge in [0, 0.05) is 23.5 Å². The maximum absolute atomic E-state index is 13.1. The van der Waals surface area contributed by atoms with E-state index in [1.54, 1.807) is 31.3 Å². The lowest BCUT2D eigenvalue weighted by atomic mass is 10.1. The molecule has 1 heterocycles. The molecule has 0 unspecified atom stereocenters. The number of aryl methyl sites for hydroxylation is 1. The second-order valence-corrected chi connectivity index (χ2v) is 3.79. The Balaban J connectivity index is 2.31. The van der Waals surface area contributed by atoms with E-state index in [4.69, 9.17) is 5.26 Å². The molecular formula is C15H9FN2. The second-order valence-electron chi connectivity index (χ2n) is 3.79. The molecule has 0 fully saturated rings. The highest BCUT2D eigenvalue weighted by Crippen LogP contribution is 2.08. The zero-order chi connectivity index (χ0) is 13.0. The topological polar surface area (TPSA) is 36.7 Å². The molecule has 2 aromatic rings. The molecule has 2 nitrogen and oxygen atoms in total. The lowest BCUT2D eigenvalue weighted by Gasteiger charge is -1.96. The Bertz CT molecular complexity index is 688. The third kappa shape index (κ3) is 2.72. The van der Waals surface area contributed by atoms with E-state index in [1.807, 2.05) is 6.07 Å². The Kier molecular flexibility index (Phi) is 3.36. The summed E-state index contributed by atoms with van der Waals surface area (Å²) < 4.78 is 13.1. The minimum absolute atomic E-state index is 0.242. The summed E-state index contributed by atoms with van der Waals surface area (Å²) in [6.45, 7) is 1.69. The maximum Gasteiger partial charge on any atom is 0.126 e. The molecule has 1 aromatic heterocycles. The van der Waals surface area contributed by atoms with Gasteiger partial charge in [0.2, 0.25) is 0 Å². The summed E-state index contributed by atoms with van der Waals surface area (Å²) >= 11 is 0. The summed E-state index contributed by atoms with van der Waals surface area (Å²) in [6, 6.07) is 8.36. The van der Waals surface area contributed by atoms with Crippen LogP contribution < -0.4 is 0 Å². The SMILES string of the molecule is Cc1cc(C#Cc2cncc(C#N)c2)ccc1F. The largest absolute Gasteiger partial charge is 0.262 e. The molecule has 18 heavy (non-hydrogen) atoms. The molecule has 86 valence electrons.